The first-order chi connectivity index (χ1) is 17.7. The van der Waals surface area contributed by atoms with Crippen LogP contribution in [-0.4, -0.2) is 40.2 Å². The maximum absolute atomic E-state index is 13.7. The Balaban J connectivity index is 1.44. The molecule has 1 saturated heterocycles. The van der Waals surface area contributed by atoms with E-state index in [1.54, 1.807) is 25.1 Å². The lowest BCUT2D eigenvalue weighted by Crippen LogP contribution is -2.49. The molecular formula is C27H28ClF4N3O3. The molecule has 2 aliphatic rings. The van der Waals surface area contributed by atoms with Crippen molar-refractivity contribution >= 4 is 29.3 Å². The van der Waals surface area contributed by atoms with Gasteiger partial charge in [0.1, 0.15) is 11.4 Å². The Kier molecular flexibility index (Phi) is 7.49. The molecule has 11 heteroatoms. The van der Waals surface area contributed by atoms with E-state index in [1.165, 1.54) is 0 Å². The highest BCUT2D eigenvalue weighted by molar-refractivity contribution is 6.31. The average Bonchev–Trinajstić information content (AvgIpc) is 3.54. The third-order valence-electron chi connectivity index (χ3n) is 7.27. The smallest absolute Gasteiger partial charge is 0.347 e. The summed E-state index contributed by atoms with van der Waals surface area (Å²) in [5.41, 5.74) is -2.15. The van der Waals surface area contributed by atoms with Crippen molar-refractivity contribution in [2.45, 2.75) is 76.3 Å². The lowest BCUT2D eigenvalue weighted by atomic mass is 10.0. The molecule has 2 aromatic carbocycles. The van der Waals surface area contributed by atoms with E-state index in [0.29, 0.717) is 29.3 Å². The van der Waals surface area contributed by atoms with E-state index in [0.717, 1.165) is 12.8 Å². The average molecular weight is 554 g/mol. The fraction of sp³-hybridized carbons (Fsp3) is 0.444. The van der Waals surface area contributed by atoms with E-state index in [-0.39, 0.29) is 35.9 Å². The summed E-state index contributed by atoms with van der Waals surface area (Å²) in [4.78, 5) is 40.5. The van der Waals surface area contributed by atoms with Crippen LogP contribution in [0.1, 0.15) is 84.3 Å². The number of carbonyl (C=O) groups excluding carboxylic acids is 3. The van der Waals surface area contributed by atoms with Crippen LogP contribution in [0.3, 0.4) is 0 Å². The molecule has 0 spiro atoms. The predicted octanol–water partition coefficient (Wildman–Crippen LogP) is 5.65. The molecule has 6 nitrogen and oxygen atoms in total. The molecule has 4 rings (SSSR count). The van der Waals surface area contributed by atoms with E-state index in [2.05, 4.69) is 10.6 Å². The fourth-order valence-electron chi connectivity index (χ4n) is 4.88. The molecule has 38 heavy (non-hydrogen) atoms. The number of halogens is 5. The first-order valence-corrected chi connectivity index (χ1v) is 12.7. The first kappa shape index (κ1) is 27.9. The number of amides is 3. The second-order valence-corrected chi connectivity index (χ2v) is 10.6. The van der Waals surface area contributed by atoms with E-state index in [1.807, 2.05) is 18.7 Å². The monoisotopic (exact) mass is 553 g/mol. The Morgan fingerprint density at radius 2 is 1.66 bits per heavy atom. The van der Waals surface area contributed by atoms with Crippen LogP contribution >= 0.6 is 11.6 Å². The van der Waals surface area contributed by atoms with Gasteiger partial charge in [-0.2, -0.15) is 13.2 Å². The Bertz CT molecular complexity index is 1270. The number of likely N-dealkylation sites (tertiary alicyclic amines) is 1. The highest BCUT2D eigenvalue weighted by atomic mass is 35.5. The van der Waals surface area contributed by atoms with E-state index in [9.17, 15) is 31.9 Å². The summed E-state index contributed by atoms with van der Waals surface area (Å²) in [5, 5.41) is 5.52. The summed E-state index contributed by atoms with van der Waals surface area (Å²) in [6, 6.07) is 6.08. The van der Waals surface area contributed by atoms with E-state index < -0.39 is 46.5 Å². The SMILES string of the molecule is C[C@@H]1CC[C@H](C)N1C(=O)c1ccc([C@@H](C)NC(=O)C2(NC(=O)c3cc(F)cc(C(F)(F)F)c3)CC2)c(Cl)c1. The lowest BCUT2D eigenvalue weighted by Gasteiger charge is -2.27. The van der Waals surface area contributed by atoms with Crippen molar-refractivity contribution < 1.29 is 31.9 Å². The lowest BCUT2D eigenvalue weighted by molar-refractivity contribution is -0.137. The Morgan fingerprint density at radius 1 is 1.03 bits per heavy atom. The van der Waals surface area contributed by atoms with Crippen LogP contribution in [0.25, 0.3) is 0 Å². The second-order valence-electron chi connectivity index (χ2n) is 10.2. The van der Waals surface area contributed by atoms with Crippen molar-refractivity contribution in [2.75, 3.05) is 0 Å². The van der Waals surface area contributed by atoms with E-state index in [4.69, 9.17) is 11.6 Å². The van der Waals surface area contributed by atoms with E-state index >= 15 is 0 Å². The standard InChI is InChI=1S/C27H28ClF4N3O3/c1-14-4-5-15(2)35(14)24(37)17-6-7-21(22(28)12-17)16(3)33-25(38)26(8-9-26)34-23(36)18-10-19(27(30,31)32)13-20(29)11-18/h6-7,10-16H,4-5,8-9H2,1-3H3,(H,33,38)(H,34,36)/t14-,15+,16-/m1/s1. The summed E-state index contributed by atoms with van der Waals surface area (Å²) >= 11 is 6.47. The van der Waals surface area contributed by atoms with Crippen molar-refractivity contribution in [3.8, 4) is 0 Å². The van der Waals surface area contributed by atoms with Crippen LogP contribution in [0.15, 0.2) is 36.4 Å². The number of alkyl halides is 3. The number of hydrogen-bond donors (Lipinski definition) is 2. The number of hydrogen-bond acceptors (Lipinski definition) is 3. The van der Waals surface area contributed by atoms with Crippen molar-refractivity contribution in [1.82, 2.24) is 15.5 Å². The highest BCUT2D eigenvalue weighted by Gasteiger charge is 2.51. The first-order valence-electron chi connectivity index (χ1n) is 12.4. The van der Waals surface area contributed by atoms with Gasteiger partial charge in [0.15, 0.2) is 0 Å². The Morgan fingerprint density at radius 3 is 2.21 bits per heavy atom. The third-order valence-corrected chi connectivity index (χ3v) is 7.60. The van der Waals surface area contributed by atoms with Gasteiger partial charge in [-0.05, 0) is 82.3 Å². The molecule has 2 aromatic rings. The molecule has 0 aromatic heterocycles. The van der Waals surface area contributed by atoms with Crippen LogP contribution in [-0.2, 0) is 11.0 Å². The van der Waals surface area contributed by atoms with Crippen molar-refractivity contribution in [3.63, 3.8) is 0 Å². The zero-order valence-electron chi connectivity index (χ0n) is 21.1. The van der Waals surface area contributed by atoms with Crippen molar-refractivity contribution in [2.24, 2.45) is 0 Å². The maximum Gasteiger partial charge on any atom is 0.416 e. The maximum atomic E-state index is 13.7. The largest absolute Gasteiger partial charge is 0.416 e. The number of nitrogens with zero attached hydrogens (tertiary/aromatic N) is 1. The minimum atomic E-state index is -4.83. The number of rotatable bonds is 6. The molecule has 204 valence electrons. The minimum absolute atomic E-state index is 0.113. The molecule has 1 aliphatic heterocycles. The van der Waals surface area contributed by atoms with Crippen LogP contribution < -0.4 is 10.6 Å². The van der Waals surface area contributed by atoms with Gasteiger partial charge in [0.25, 0.3) is 11.8 Å². The highest BCUT2D eigenvalue weighted by Crippen LogP contribution is 2.38. The van der Waals surface area contributed by atoms with Gasteiger partial charge in [-0.15, -0.1) is 0 Å². The fourth-order valence-corrected chi connectivity index (χ4v) is 5.22. The Labute approximate surface area is 222 Å². The molecule has 3 amide bonds. The zero-order valence-corrected chi connectivity index (χ0v) is 21.8. The summed E-state index contributed by atoms with van der Waals surface area (Å²) < 4.78 is 52.8. The normalized spacial score (nSPS) is 21.1. The third kappa shape index (κ3) is 5.65. The van der Waals surface area contributed by atoms with Crippen LogP contribution in [0, 0.1) is 5.82 Å². The van der Waals surface area contributed by atoms with Gasteiger partial charge in [-0.1, -0.05) is 17.7 Å². The molecule has 0 bridgehead atoms. The zero-order chi connectivity index (χ0) is 28.0. The number of benzene rings is 2. The number of carbonyl (C=O) groups is 3. The quantitative estimate of drug-likeness (QED) is 0.454. The number of nitrogens with one attached hydrogen (secondary N) is 2. The molecule has 1 aliphatic carbocycles. The summed E-state index contributed by atoms with van der Waals surface area (Å²) in [6.07, 6.45) is -2.42. The van der Waals surface area contributed by atoms with Gasteiger partial charge in [-0.3, -0.25) is 14.4 Å². The molecule has 1 heterocycles. The van der Waals surface area contributed by atoms with Crippen molar-refractivity contribution in [3.05, 3.63) is 69.5 Å². The predicted molar refractivity (Wildman–Crippen MR) is 133 cm³/mol. The topological polar surface area (TPSA) is 78.5 Å². The summed E-state index contributed by atoms with van der Waals surface area (Å²) in [5.74, 6) is -2.85. The molecule has 0 unspecified atom stereocenters. The van der Waals surface area contributed by atoms with Gasteiger partial charge in [0.2, 0.25) is 5.91 Å². The summed E-state index contributed by atoms with van der Waals surface area (Å²) in [6.45, 7) is 5.70. The van der Waals surface area contributed by atoms with Crippen molar-refractivity contribution in [1.29, 1.82) is 0 Å². The van der Waals surface area contributed by atoms with Crippen LogP contribution in [0.4, 0.5) is 17.6 Å². The Hall–Kier alpha value is -3.14. The van der Waals surface area contributed by atoms with Crippen LogP contribution in [0.5, 0.6) is 0 Å². The van der Waals surface area contributed by atoms with Gasteiger partial charge in [0.05, 0.1) is 11.6 Å². The molecule has 3 atom stereocenters. The molecule has 1 saturated carbocycles. The van der Waals surface area contributed by atoms with Gasteiger partial charge in [0, 0.05) is 28.2 Å². The molecule has 2 fully saturated rings. The van der Waals surface area contributed by atoms with Gasteiger partial charge < -0.3 is 15.5 Å². The van der Waals surface area contributed by atoms with Gasteiger partial charge >= 0.3 is 6.18 Å². The second kappa shape index (κ2) is 10.2. The van der Waals surface area contributed by atoms with Crippen LogP contribution in [0.2, 0.25) is 5.02 Å². The summed E-state index contributed by atoms with van der Waals surface area (Å²) in [7, 11) is 0. The molecular weight excluding hydrogens is 526 g/mol. The minimum Gasteiger partial charge on any atom is -0.347 e. The molecule has 0 radical (unpaired) electrons. The molecule has 2 N–H and O–H groups in total. The van der Waals surface area contributed by atoms with Gasteiger partial charge in [-0.25, -0.2) is 4.39 Å².